The lowest BCUT2D eigenvalue weighted by Gasteiger charge is -2.20. The summed E-state index contributed by atoms with van der Waals surface area (Å²) in [6, 6.07) is 67.9. The Hall–Kier alpha value is -8.01. The SMILES string of the molecule is C1=Cc2c(c3ccccc3c3c2nc(-c2ccc(-c4ccc5c(ccc6cc(-c7ccc8ccc9ccc(-c%10ccccc%10)nc9c8n7)ccc65)c4)cc2)c2ccccc23)CC1. The molecule has 0 saturated heterocycles. The van der Waals surface area contributed by atoms with Crippen LogP contribution in [0, 0.1) is 0 Å². The Morgan fingerprint density at radius 1 is 0.339 bits per heavy atom. The summed E-state index contributed by atoms with van der Waals surface area (Å²) in [5.74, 6) is 0. The predicted molar refractivity (Wildman–Crippen MR) is 261 cm³/mol. The van der Waals surface area contributed by atoms with Gasteiger partial charge in [-0.05, 0) is 91.5 Å². The fraction of sp³-hybridized carbons (Fsp3) is 0.0339. The second kappa shape index (κ2) is 13.8. The van der Waals surface area contributed by atoms with E-state index in [-0.39, 0.29) is 0 Å². The molecule has 3 nitrogen and oxygen atoms in total. The van der Waals surface area contributed by atoms with E-state index in [0.29, 0.717) is 0 Å². The second-order valence-corrected chi connectivity index (χ2v) is 16.6. The molecule has 0 atom stereocenters. The maximum Gasteiger partial charge on any atom is 0.0972 e. The Morgan fingerprint density at radius 2 is 0.871 bits per heavy atom. The van der Waals surface area contributed by atoms with Crippen LogP contribution in [-0.2, 0) is 6.42 Å². The summed E-state index contributed by atoms with van der Waals surface area (Å²) in [5, 5.41) is 13.4. The van der Waals surface area contributed by atoms with Crippen molar-refractivity contribution in [2.24, 2.45) is 0 Å². The average Bonchev–Trinajstić information content (AvgIpc) is 3.35. The fourth-order valence-electron chi connectivity index (χ4n) is 10.0. The molecule has 288 valence electrons. The van der Waals surface area contributed by atoms with Gasteiger partial charge in [0, 0.05) is 43.8 Å². The molecule has 3 heterocycles. The fourth-order valence-corrected chi connectivity index (χ4v) is 10.0. The van der Waals surface area contributed by atoms with E-state index in [4.69, 9.17) is 15.0 Å². The Kier molecular flexibility index (Phi) is 7.73. The molecule has 0 unspecified atom stereocenters. The highest BCUT2D eigenvalue weighted by atomic mass is 14.8. The van der Waals surface area contributed by atoms with Gasteiger partial charge in [-0.25, -0.2) is 15.0 Å². The molecule has 3 aromatic heterocycles. The summed E-state index contributed by atoms with van der Waals surface area (Å²) >= 11 is 0. The Morgan fingerprint density at radius 3 is 1.58 bits per heavy atom. The van der Waals surface area contributed by atoms with Crippen molar-refractivity contribution < 1.29 is 0 Å². The normalized spacial score (nSPS) is 12.6. The highest BCUT2D eigenvalue weighted by Gasteiger charge is 2.20. The molecule has 13 rings (SSSR count). The quantitative estimate of drug-likeness (QED) is 0.167. The zero-order valence-corrected chi connectivity index (χ0v) is 33.8. The molecule has 62 heavy (non-hydrogen) atoms. The maximum absolute atomic E-state index is 5.52. The van der Waals surface area contributed by atoms with E-state index in [1.807, 2.05) is 6.07 Å². The van der Waals surface area contributed by atoms with Crippen LogP contribution in [0.4, 0.5) is 0 Å². The van der Waals surface area contributed by atoms with Gasteiger partial charge in [-0.15, -0.1) is 0 Å². The van der Waals surface area contributed by atoms with E-state index in [1.165, 1.54) is 70.7 Å². The van der Waals surface area contributed by atoms with Gasteiger partial charge in [0.05, 0.1) is 33.6 Å². The van der Waals surface area contributed by atoms with E-state index in [0.717, 1.165) is 73.9 Å². The van der Waals surface area contributed by atoms with Gasteiger partial charge in [0.2, 0.25) is 0 Å². The largest absolute Gasteiger partial charge is 0.246 e. The molecular formula is C59H37N3. The topological polar surface area (TPSA) is 38.7 Å². The molecule has 9 aromatic carbocycles. The van der Waals surface area contributed by atoms with Crippen molar-refractivity contribution in [2.45, 2.75) is 12.8 Å². The van der Waals surface area contributed by atoms with Crippen molar-refractivity contribution >= 4 is 81.9 Å². The van der Waals surface area contributed by atoms with E-state index in [1.54, 1.807) is 0 Å². The van der Waals surface area contributed by atoms with Gasteiger partial charge in [-0.3, -0.25) is 0 Å². The van der Waals surface area contributed by atoms with Crippen molar-refractivity contribution in [3.05, 3.63) is 205 Å². The third kappa shape index (κ3) is 5.48. The third-order valence-electron chi connectivity index (χ3n) is 13.1. The molecule has 0 fully saturated rings. The van der Waals surface area contributed by atoms with Crippen LogP contribution in [0.5, 0.6) is 0 Å². The Bertz CT molecular complexity index is 3850. The number of pyridine rings is 3. The standard InChI is InChI=1S/C59H37N3/c1-2-10-37(11-3-1)53-32-28-39-22-23-40-29-33-54(61-58(40)57(39)60-53)44-27-31-46-43(35-44)25-24-42-34-41(26-30-45(42)46)36-18-20-38(21-19-36)56-52-17-9-7-15-50(52)55-49-14-6-4-12-47(49)48-13-5-8-16-51(48)59(55)62-56/h1-4,6-12,14-35H,5,13H2. The van der Waals surface area contributed by atoms with Crippen LogP contribution in [-0.4, -0.2) is 15.0 Å². The highest BCUT2D eigenvalue weighted by molar-refractivity contribution is 6.24. The second-order valence-electron chi connectivity index (χ2n) is 16.6. The third-order valence-corrected chi connectivity index (χ3v) is 13.1. The zero-order chi connectivity index (χ0) is 40.7. The lowest BCUT2D eigenvalue weighted by atomic mass is 9.86. The monoisotopic (exact) mass is 787 g/mol. The van der Waals surface area contributed by atoms with Gasteiger partial charge in [0.1, 0.15) is 0 Å². The van der Waals surface area contributed by atoms with Gasteiger partial charge in [-0.1, -0.05) is 176 Å². The van der Waals surface area contributed by atoms with Gasteiger partial charge in [0.25, 0.3) is 0 Å². The number of hydrogen-bond acceptors (Lipinski definition) is 3. The van der Waals surface area contributed by atoms with Gasteiger partial charge in [0.15, 0.2) is 0 Å². The maximum atomic E-state index is 5.52. The van der Waals surface area contributed by atoms with E-state index >= 15 is 0 Å². The summed E-state index contributed by atoms with van der Waals surface area (Å²) in [4.78, 5) is 15.9. The van der Waals surface area contributed by atoms with Crippen molar-refractivity contribution in [3.8, 4) is 44.9 Å². The number of nitrogens with zero attached hydrogens (tertiary/aromatic N) is 3. The minimum atomic E-state index is 0.920. The lowest BCUT2D eigenvalue weighted by Crippen LogP contribution is -2.00. The summed E-state index contributed by atoms with van der Waals surface area (Å²) in [6.07, 6.45) is 6.70. The molecule has 3 heteroatoms. The van der Waals surface area contributed by atoms with Crippen molar-refractivity contribution in [1.29, 1.82) is 0 Å². The molecule has 1 aliphatic rings. The number of hydrogen-bond donors (Lipinski definition) is 0. The predicted octanol–water partition coefficient (Wildman–Crippen LogP) is 15.6. The molecule has 0 radical (unpaired) electrons. The van der Waals surface area contributed by atoms with Gasteiger partial charge < -0.3 is 0 Å². The minimum absolute atomic E-state index is 0.920. The van der Waals surface area contributed by atoms with Crippen LogP contribution in [0.2, 0.25) is 0 Å². The molecule has 0 N–H and O–H groups in total. The molecule has 12 aromatic rings. The first-order valence-electron chi connectivity index (χ1n) is 21.5. The smallest absolute Gasteiger partial charge is 0.0972 e. The lowest BCUT2D eigenvalue weighted by molar-refractivity contribution is 0.999. The number of allylic oxidation sites excluding steroid dienone is 1. The van der Waals surface area contributed by atoms with E-state index < -0.39 is 0 Å². The number of aryl methyl sites for hydroxylation is 1. The first kappa shape index (κ1) is 34.8. The first-order chi connectivity index (χ1) is 30.7. The van der Waals surface area contributed by atoms with Crippen molar-refractivity contribution in [1.82, 2.24) is 15.0 Å². The van der Waals surface area contributed by atoms with Crippen molar-refractivity contribution in [2.75, 3.05) is 0 Å². The van der Waals surface area contributed by atoms with E-state index in [9.17, 15) is 0 Å². The molecule has 0 bridgehead atoms. The molecule has 0 amide bonds. The summed E-state index contributed by atoms with van der Waals surface area (Å²) in [7, 11) is 0. The molecule has 1 aliphatic carbocycles. The molecule has 0 aliphatic heterocycles. The average molecular weight is 788 g/mol. The summed E-state index contributed by atoms with van der Waals surface area (Å²) < 4.78 is 0. The van der Waals surface area contributed by atoms with Gasteiger partial charge >= 0.3 is 0 Å². The van der Waals surface area contributed by atoms with Gasteiger partial charge in [-0.2, -0.15) is 0 Å². The van der Waals surface area contributed by atoms with Crippen molar-refractivity contribution in [3.63, 3.8) is 0 Å². The first-order valence-corrected chi connectivity index (χ1v) is 21.5. The summed E-state index contributed by atoms with van der Waals surface area (Å²) in [5.41, 5.74) is 14.2. The number of rotatable bonds is 4. The Balaban J connectivity index is 0.852. The summed E-state index contributed by atoms with van der Waals surface area (Å²) in [6.45, 7) is 0. The molecule has 0 spiro atoms. The number of aromatic nitrogens is 3. The Labute approximate surface area is 358 Å². The van der Waals surface area contributed by atoms with Crippen LogP contribution in [0.25, 0.3) is 127 Å². The van der Waals surface area contributed by atoms with Crippen LogP contribution >= 0.6 is 0 Å². The minimum Gasteiger partial charge on any atom is -0.246 e. The molecule has 0 saturated carbocycles. The van der Waals surface area contributed by atoms with Crippen LogP contribution in [0.3, 0.4) is 0 Å². The number of fused-ring (bicyclic) bond motifs is 14. The van der Waals surface area contributed by atoms with Crippen LogP contribution in [0.1, 0.15) is 17.5 Å². The number of benzene rings is 9. The molecular weight excluding hydrogens is 751 g/mol. The van der Waals surface area contributed by atoms with Crippen LogP contribution < -0.4 is 0 Å². The van der Waals surface area contributed by atoms with Crippen LogP contribution in [0.15, 0.2) is 194 Å². The van der Waals surface area contributed by atoms with E-state index in [2.05, 4.69) is 194 Å². The highest BCUT2D eigenvalue weighted by Crippen LogP contribution is 2.42. The zero-order valence-electron chi connectivity index (χ0n) is 33.8.